The lowest BCUT2D eigenvalue weighted by Crippen LogP contribution is -2.40. The summed E-state index contributed by atoms with van der Waals surface area (Å²) in [6.45, 7) is 6.34. The monoisotopic (exact) mass is 260 g/mol. The van der Waals surface area contributed by atoms with E-state index in [1.54, 1.807) is 0 Å². The van der Waals surface area contributed by atoms with Crippen molar-refractivity contribution in [2.24, 2.45) is 11.8 Å². The van der Waals surface area contributed by atoms with Crippen LogP contribution in [0.2, 0.25) is 0 Å². The Labute approximate surface area is 115 Å². The summed E-state index contributed by atoms with van der Waals surface area (Å²) in [5.41, 5.74) is 2.77. The quantitative estimate of drug-likeness (QED) is 0.871. The van der Waals surface area contributed by atoms with Gasteiger partial charge in [0.25, 0.3) is 0 Å². The van der Waals surface area contributed by atoms with Gasteiger partial charge in [-0.25, -0.2) is 0 Å². The normalized spacial score (nSPS) is 27.6. The second-order valence-electron chi connectivity index (χ2n) is 5.93. The highest BCUT2D eigenvalue weighted by Gasteiger charge is 2.23. The van der Waals surface area contributed by atoms with Crippen LogP contribution in [0.25, 0.3) is 0 Å². The number of anilines is 1. The van der Waals surface area contributed by atoms with E-state index in [1.807, 2.05) is 0 Å². The summed E-state index contributed by atoms with van der Waals surface area (Å²) in [6.07, 6.45) is 2.39. The predicted molar refractivity (Wildman–Crippen MR) is 78.5 cm³/mol. The molecule has 1 fully saturated rings. The number of hydrogen-bond acceptors (Lipinski definition) is 3. The first-order valence-corrected chi connectivity index (χ1v) is 7.46. The number of benzene rings is 1. The first kappa shape index (κ1) is 12.9. The highest BCUT2D eigenvalue weighted by molar-refractivity contribution is 5.53. The number of hydrogen-bond donors (Lipinski definition) is 2. The van der Waals surface area contributed by atoms with Crippen molar-refractivity contribution in [3.63, 3.8) is 0 Å². The van der Waals surface area contributed by atoms with Crippen molar-refractivity contribution in [1.29, 1.82) is 0 Å². The topological polar surface area (TPSA) is 33.3 Å². The fraction of sp³-hybridized carbons (Fsp3) is 0.625. The molecule has 0 saturated carbocycles. The zero-order valence-electron chi connectivity index (χ0n) is 11.7. The van der Waals surface area contributed by atoms with E-state index in [0.29, 0.717) is 17.9 Å². The van der Waals surface area contributed by atoms with Gasteiger partial charge < -0.3 is 15.4 Å². The molecule has 2 aliphatic heterocycles. The van der Waals surface area contributed by atoms with E-state index in [1.165, 1.54) is 24.1 Å². The molecular formula is C16H24N2O. The van der Waals surface area contributed by atoms with Crippen molar-refractivity contribution in [1.82, 2.24) is 5.32 Å². The van der Waals surface area contributed by atoms with E-state index >= 15 is 0 Å². The van der Waals surface area contributed by atoms with E-state index in [0.717, 1.165) is 26.3 Å². The first-order chi connectivity index (χ1) is 9.33. The lowest BCUT2D eigenvalue weighted by molar-refractivity contribution is 0.177. The first-order valence-electron chi connectivity index (χ1n) is 7.46. The van der Waals surface area contributed by atoms with E-state index < -0.39 is 0 Å². The predicted octanol–water partition coefficient (Wildman–Crippen LogP) is 2.29. The molecule has 3 rings (SSSR count). The van der Waals surface area contributed by atoms with Crippen LogP contribution in [0, 0.1) is 11.8 Å². The van der Waals surface area contributed by atoms with Gasteiger partial charge in [0.1, 0.15) is 0 Å². The number of ether oxygens (including phenoxy) is 1. The number of rotatable bonds is 4. The van der Waals surface area contributed by atoms with E-state index in [-0.39, 0.29) is 0 Å². The fourth-order valence-electron chi connectivity index (χ4n) is 3.12. The van der Waals surface area contributed by atoms with Crippen molar-refractivity contribution in [3.05, 3.63) is 29.8 Å². The van der Waals surface area contributed by atoms with Gasteiger partial charge in [-0.3, -0.25) is 0 Å². The summed E-state index contributed by atoms with van der Waals surface area (Å²) in [7, 11) is 0. The average molecular weight is 260 g/mol. The van der Waals surface area contributed by atoms with Gasteiger partial charge >= 0.3 is 0 Å². The number of nitrogens with one attached hydrogen (secondary N) is 2. The zero-order valence-corrected chi connectivity index (χ0v) is 11.7. The third-order valence-corrected chi connectivity index (χ3v) is 4.51. The molecule has 1 saturated heterocycles. The molecular weight excluding hydrogens is 236 g/mol. The van der Waals surface area contributed by atoms with Gasteiger partial charge in [0.15, 0.2) is 0 Å². The van der Waals surface area contributed by atoms with Gasteiger partial charge in [0, 0.05) is 31.4 Å². The van der Waals surface area contributed by atoms with Crippen LogP contribution < -0.4 is 10.6 Å². The largest absolute Gasteiger partial charge is 0.384 e. The maximum Gasteiger partial charge on any atom is 0.0509 e. The molecule has 0 bridgehead atoms. The summed E-state index contributed by atoms with van der Waals surface area (Å²) in [4.78, 5) is 0. The second kappa shape index (κ2) is 5.93. The molecule has 0 radical (unpaired) electrons. The lowest BCUT2D eigenvalue weighted by atomic mass is 9.93. The highest BCUT2D eigenvalue weighted by Crippen LogP contribution is 2.24. The van der Waals surface area contributed by atoms with Gasteiger partial charge in [-0.05, 0) is 43.2 Å². The Hall–Kier alpha value is -1.06. The summed E-state index contributed by atoms with van der Waals surface area (Å²) in [6, 6.07) is 9.22. The van der Waals surface area contributed by atoms with Crippen LogP contribution in [0.3, 0.4) is 0 Å². The number of fused-ring (bicyclic) bond motifs is 1. The SMILES string of the molecule is CC(NCC1CNc2ccccc2C1)C1CCOC1. The minimum atomic E-state index is 0.569. The molecule has 0 amide bonds. The standard InChI is InChI=1S/C16H24N2O/c1-12(15-6-7-19-11-15)17-9-13-8-14-4-2-3-5-16(14)18-10-13/h2-5,12-13,15,17-18H,6-11H2,1H3. The Morgan fingerprint density at radius 3 is 3.16 bits per heavy atom. The van der Waals surface area contributed by atoms with E-state index in [9.17, 15) is 0 Å². The molecule has 3 heteroatoms. The summed E-state index contributed by atoms with van der Waals surface area (Å²) in [5.74, 6) is 1.39. The van der Waals surface area contributed by atoms with Crippen LogP contribution in [-0.4, -0.2) is 32.3 Å². The molecule has 2 aliphatic rings. The van der Waals surface area contributed by atoms with Gasteiger partial charge in [-0.1, -0.05) is 18.2 Å². The molecule has 2 N–H and O–H groups in total. The minimum absolute atomic E-state index is 0.569. The Kier molecular flexibility index (Phi) is 4.04. The highest BCUT2D eigenvalue weighted by atomic mass is 16.5. The molecule has 3 unspecified atom stereocenters. The Bertz CT molecular complexity index is 415. The minimum Gasteiger partial charge on any atom is -0.384 e. The second-order valence-corrected chi connectivity index (χ2v) is 5.93. The van der Waals surface area contributed by atoms with Crippen molar-refractivity contribution in [2.75, 3.05) is 31.6 Å². The molecule has 3 nitrogen and oxygen atoms in total. The number of para-hydroxylation sites is 1. The Morgan fingerprint density at radius 1 is 1.42 bits per heavy atom. The van der Waals surface area contributed by atoms with E-state index in [4.69, 9.17) is 4.74 Å². The van der Waals surface area contributed by atoms with Gasteiger partial charge in [-0.2, -0.15) is 0 Å². The summed E-state index contributed by atoms with van der Waals surface area (Å²) >= 11 is 0. The molecule has 3 atom stereocenters. The van der Waals surface area contributed by atoms with Crippen LogP contribution in [0.1, 0.15) is 18.9 Å². The third-order valence-electron chi connectivity index (χ3n) is 4.51. The Morgan fingerprint density at radius 2 is 2.32 bits per heavy atom. The Balaban J connectivity index is 1.49. The van der Waals surface area contributed by atoms with Gasteiger partial charge in [0.2, 0.25) is 0 Å². The molecule has 2 heterocycles. The van der Waals surface area contributed by atoms with Crippen molar-refractivity contribution >= 4 is 5.69 Å². The maximum atomic E-state index is 5.46. The molecule has 0 aliphatic carbocycles. The van der Waals surface area contributed by atoms with Crippen LogP contribution in [0.5, 0.6) is 0 Å². The summed E-state index contributed by atoms with van der Waals surface area (Å²) in [5, 5.41) is 7.25. The lowest BCUT2D eigenvalue weighted by Gasteiger charge is -2.28. The molecule has 104 valence electrons. The van der Waals surface area contributed by atoms with Crippen molar-refractivity contribution in [3.8, 4) is 0 Å². The van der Waals surface area contributed by atoms with Crippen LogP contribution >= 0.6 is 0 Å². The average Bonchev–Trinajstić information content (AvgIpc) is 2.99. The molecule has 0 spiro atoms. The third kappa shape index (κ3) is 3.10. The smallest absolute Gasteiger partial charge is 0.0509 e. The zero-order chi connectivity index (χ0) is 13.1. The fourth-order valence-corrected chi connectivity index (χ4v) is 3.12. The van der Waals surface area contributed by atoms with Gasteiger partial charge in [0.05, 0.1) is 6.61 Å². The molecule has 19 heavy (non-hydrogen) atoms. The van der Waals surface area contributed by atoms with Crippen LogP contribution in [0.15, 0.2) is 24.3 Å². The van der Waals surface area contributed by atoms with Crippen LogP contribution in [0.4, 0.5) is 5.69 Å². The van der Waals surface area contributed by atoms with Crippen molar-refractivity contribution < 1.29 is 4.74 Å². The maximum absolute atomic E-state index is 5.46. The molecule has 0 aromatic heterocycles. The molecule has 1 aromatic carbocycles. The van der Waals surface area contributed by atoms with E-state index in [2.05, 4.69) is 41.8 Å². The summed E-state index contributed by atoms with van der Waals surface area (Å²) < 4.78 is 5.46. The van der Waals surface area contributed by atoms with Gasteiger partial charge in [-0.15, -0.1) is 0 Å². The van der Waals surface area contributed by atoms with Crippen LogP contribution in [-0.2, 0) is 11.2 Å². The molecule has 1 aromatic rings. The van der Waals surface area contributed by atoms with Crippen molar-refractivity contribution in [2.45, 2.75) is 25.8 Å².